The maximum atomic E-state index is 14.4. The molecule has 1 aliphatic heterocycles. The van der Waals surface area contributed by atoms with Crippen molar-refractivity contribution in [1.29, 1.82) is 0 Å². The number of halogens is 1. The lowest BCUT2D eigenvalue weighted by Gasteiger charge is -2.26. The molecule has 192 valence electrons. The molecule has 0 unspecified atom stereocenters. The minimum Gasteiger partial charge on any atom is -0.507 e. The lowest BCUT2D eigenvalue weighted by atomic mass is 9.95. The number of hydrogen-bond donors (Lipinski definition) is 1. The molecule has 1 fully saturated rings. The van der Waals surface area contributed by atoms with Gasteiger partial charge in [0.2, 0.25) is 0 Å². The molecular formula is C29H29FN2O5. The number of hydrogen-bond acceptors (Lipinski definition) is 6. The summed E-state index contributed by atoms with van der Waals surface area (Å²) in [6.45, 7) is 1.00. The van der Waals surface area contributed by atoms with Crippen LogP contribution in [0.2, 0.25) is 0 Å². The molecule has 0 spiro atoms. The number of carbonyl (C=O) groups excluding carboxylic acids is 2. The van der Waals surface area contributed by atoms with Crippen LogP contribution in [0.5, 0.6) is 17.2 Å². The average Bonchev–Trinajstić information content (AvgIpc) is 3.14. The largest absolute Gasteiger partial charge is 0.507 e. The number of ether oxygens (including phenoxy) is 2. The predicted octanol–water partition coefficient (Wildman–Crippen LogP) is 5.00. The molecule has 0 saturated carbocycles. The Morgan fingerprint density at radius 2 is 1.73 bits per heavy atom. The SMILES string of the molecule is COc1ccc(C(O)=C2C(=O)C(=O)N(CCCN(C)C)[C@@H]2c2cccc(Oc3ccccc3)c2)cc1F. The van der Waals surface area contributed by atoms with Gasteiger partial charge in [-0.15, -0.1) is 0 Å². The van der Waals surface area contributed by atoms with E-state index >= 15 is 0 Å². The van der Waals surface area contributed by atoms with E-state index in [1.54, 1.807) is 24.3 Å². The minimum atomic E-state index is -0.869. The molecule has 37 heavy (non-hydrogen) atoms. The number of aliphatic hydroxyl groups excluding tert-OH is 1. The molecule has 1 heterocycles. The first-order valence-electron chi connectivity index (χ1n) is 11.9. The van der Waals surface area contributed by atoms with Crippen LogP contribution in [-0.4, -0.2) is 60.9 Å². The lowest BCUT2D eigenvalue weighted by Crippen LogP contribution is -2.32. The first kappa shape index (κ1) is 25.9. The van der Waals surface area contributed by atoms with Gasteiger partial charge in [-0.1, -0.05) is 30.3 Å². The molecule has 1 saturated heterocycles. The predicted molar refractivity (Wildman–Crippen MR) is 138 cm³/mol. The summed E-state index contributed by atoms with van der Waals surface area (Å²) in [5.41, 5.74) is 0.565. The van der Waals surface area contributed by atoms with Gasteiger partial charge < -0.3 is 24.4 Å². The van der Waals surface area contributed by atoms with Crippen LogP contribution < -0.4 is 9.47 Å². The van der Waals surface area contributed by atoms with E-state index in [0.717, 1.165) is 6.07 Å². The second-order valence-electron chi connectivity index (χ2n) is 8.99. The van der Waals surface area contributed by atoms with Crippen molar-refractivity contribution >= 4 is 17.4 Å². The number of carbonyl (C=O) groups is 2. The highest BCUT2D eigenvalue weighted by molar-refractivity contribution is 6.46. The van der Waals surface area contributed by atoms with Crippen molar-refractivity contribution in [2.75, 3.05) is 34.3 Å². The standard InChI is InChI=1S/C29H29FN2O5/c1-31(2)15-8-16-32-26(19-9-7-12-22(17-19)37-21-10-5-4-6-11-21)25(28(34)29(32)35)27(33)20-13-14-24(36-3)23(30)18-20/h4-7,9-14,17-18,26,33H,8,15-16H2,1-3H3/t26-/m1/s1. The molecule has 0 aliphatic carbocycles. The summed E-state index contributed by atoms with van der Waals surface area (Å²) in [4.78, 5) is 29.8. The second-order valence-corrected chi connectivity index (χ2v) is 8.99. The van der Waals surface area contributed by atoms with Gasteiger partial charge in [-0.05, 0) is 75.1 Å². The summed E-state index contributed by atoms with van der Waals surface area (Å²) in [5.74, 6) is -1.53. The number of aliphatic hydroxyl groups is 1. The third kappa shape index (κ3) is 5.65. The molecule has 0 aromatic heterocycles. The van der Waals surface area contributed by atoms with E-state index in [0.29, 0.717) is 36.6 Å². The van der Waals surface area contributed by atoms with Gasteiger partial charge in [0.05, 0.1) is 18.7 Å². The Bertz CT molecular complexity index is 1320. The van der Waals surface area contributed by atoms with E-state index in [9.17, 15) is 19.1 Å². The lowest BCUT2D eigenvalue weighted by molar-refractivity contribution is -0.139. The van der Waals surface area contributed by atoms with Gasteiger partial charge >= 0.3 is 0 Å². The fourth-order valence-corrected chi connectivity index (χ4v) is 4.36. The van der Waals surface area contributed by atoms with E-state index < -0.39 is 29.3 Å². The Kier molecular flexibility index (Phi) is 7.89. The van der Waals surface area contributed by atoms with Gasteiger partial charge in [0.1, 0.15) is 17.3 Å². The van der Waals surface area contributed by atoms with Crippen LogP contribution in [0.25, 0.3) is 5.76 Å². The smallest absolute Gasteiger partial charge is 0.295 e. The number of amides is 1. The number of Topliss-reactive ketones (excluding diaryl/α,β-unsaturated/α-hetero) is 1. The number of likely N-dealkylation sites (tertiary alicyclic amines) is 1. The van der Waals surface area contributed by atoms with Crippen LogP contribution in [0.15, 0.2) is 78.4 Å². The third-order valence-corrected chi connectivity index (χ3v) is 6.12. The molecule has 1 atom stereocenters. The fraction of sp³-hybridized carbons (Fsp3) is 0.241. The highest BCUT2D eigenvalue weighted by Crippen LogP contribution is 2.41. The Morgan fingerprint density at radius 3 is 2.41 bits per heavy atom. The normalized spacial score (nSPS) is 16.9. The fourth-order valence-electron chi connectivity index (χ4n) is 4.36. The maximum absolute atomic E-state index is 14.4. The van der Waals surface area contributed by atoms with Crippen LogP contribution in [-0.2, 0) is 9.59 Å². The zero-order chi connectivity index (χ0) is 26.5. The van der Waals surface area contributed by atoms with E-state index in [4.69, 9.17) is 9.47 Å². The van der Waals surface area contributed by atoms with Crippen molar-refractivity contribution < 1.29 is 28.6 Å². The number of para-hydroxylation sites is 1. The summed E-state index contributed by atoms with van der Waals surface area (Å²) < 4.78 is 25.3. The molecule has 1 N–H and O–H groups in total. The second kappa shape index (κ2) is 11.3. The summed E-state index contributed by atoms with van der Waals surface area (Å²) in [5, 5.41) is 11.2. The van der Waals surface area contributed by atoms with Gasteiger partial charge in [-0.3, -0.25) is 9.59 Å². The monoisotopic (exact) mass is 504 g/mol. The highest BCUT2D eigenvalue weighted by atomic mass is 19.1. The van der Waals surface area contributed by atoms with Crippen LogP contribution >= 0.6 is 0 Å². The Balaban J connectivity index is 1.79. The Morgan fingerprint density at radius 1 is 1.00 bits per heavy atom. The van der Waals surface area contributed by atoms with Gasteiger partial charge in [0.15, 0.2) is 11.6 Å². The molecule has 8 heteroatoms. The van der Waals surface area contributed by atoms with Crippen molar-refractivity contribution in [2.45, 2.75) is 12.5 Å². The summed E-state index contributed by atoms with van der Waals surface area (Å²) >= 11 is 0. The van der Waals surface area contributed by atoms with Gasteiger partial charge in [0, 0.05) is 12.1 Å². The van der Waals surface area contributed by atoms with Gasteiger partial charge in [-0.2, -0.15) is 0 Å². The maximum Gasteiger partial charge on any atom is 0.295 e. The van der Waals surface area contributed by atoms with Gasteiger partial charge in [-0.25, -0.2) is 4.39 Å². The Labute approximate surface area is 215 Å². The van der Waals surface area contributed by atoms with E-state index in [1.807, 2.05) is 49.3 Å². The molecule has 0 bridgehead atoms. The van der Waals surface area contributed by atoms with Crippen molar-refractivity contribution in [1.82, 2.24) is 9.80 Å². The molecule has 7 nitrogen and oxygen atoms in total. The third-order valence-electron chi connectivity index (χ3n) is 6.12. The number of nitrogens with zero attached hydrogens (tertiary/aromatic N) is 2. The van der Waals surface area contributed by atoms with Crippen LogP contribution in [0.1, 0.15) is 23.6 Å². The summed E-state index contributed by atoms with van der Waals surface area (Å²) in [6, 6.07) is 19.3. The molecule has 3 aromatic rings. The molecule has 0 radical (unpaired) electrons. The molecule has 1 amide bonds. The number of methoxy groups -OCH3 is 1. The van der Waals surface area contributed by atoms with Crippen LogP contribution in [0, 0.1) is 5.82 Å². The van der Waals surface area contributed by atoms with Crippen LogP contribution in [0.4, 0.5) is 4.39 Å². The van der Waals surface area contributed by atoms with E-state index in [1.165, 1.54) is 24.1 Å². The van der Waals surface area contributed by atoms with Crippen molar-refractivity contribution in [3.05, 3.63) is 95.3 Å². The molecule has 4 rings (SSSR count). The van der Waals surface area contributed by atoms with Crippen molar-refractivity contribution in [3.8, 4) is 17.2 Å². The van der Waals surface area contributed by atoms with Crippen molar-refractivity contribution in [3.63, 3.8) is 0 Å². The van der Waals surface area contributed by atoms with Crippen LogP contribution in [0.3, 0.4) is 0 Å². The Hall–Kier alpha value is -4.17. The van der Waals surface area contributed by atoms with Gasteiger partial charge in [0.25, 0.3) is 11.7 Å². The quantitative estimate of drug-likeness (QED) is 0.251. The first-order chi connectivity index (χ1) is 17.8. The van der Waals surface area contributed by atoms with E-state index in [2.05, 4.69) is 0 Å². The summed E-state index contributed by atoms with van der Waals surface area (Å²) in [7, 11) is 5.18. The average molecular weight is 505 g/mol. The zero-order valence-electron chi connectivity index (χ0n) is 21.0. The number of benzene rings is 3. The minimum absolute atomic E-state index is 0.00278. The van der Waals surface area contributed by atoms with Crippen molar-refractivity contribution in [2.24, 2.45) is 0 Å². The number of ketones is 1. The molecular weight excluding hydrogens is 475 g/mol. The number of rotatable bonds is 9. The topological polar surface area (TPSA) is 79.3 Å². The zero-order valence-corrected chi connectivity index (χ0v) is 21.0. The van der Waals surface area contributed by atoms with E-state index in [-0.39, 0.29) is 16.9 Å². The first-order valence-corrected chi connectivity index (χ1v) is 11.9. The molecule has 3 aromatic carbocycles. The molecule has 1 aliphatic rings. The highest BCUT2D eigenvalue weighted by Gasteiger charge is 2.46. The summed E-state index contributed by atoms with van der Waals surface area (Å²) in [6.07, 6.45) is 0.619.